The first-order chi connectivity index (χ1) is 13.1. The quantitative estimate of drug-likeness (QED) is 0.513. The average Bonchev–Trinajstić information content (AvgIpc) is 2.96. The van der Waals surface area contributed by atoms with Crippen LogP contribution < -0.4 is 4.90 Å². The predicted octanol–water partition coefficient (Wildman–Crippen LogP) is 3.07. The van der Waals surface area contributed by atoms with Crippen LogP contribution in [0.3, 0.4) is 0 Å². The van der Waals surface area contributed by atoms with Crippen molar-refractivity contribution in [2.75, 3.05) is 57.4 Å². The Bertz CT molecular complexity index is 696. The molecule has 0 atom stereocenters. The highest BCUT2D eigenvalue weighted by atomic mass is 32.2. The van der Waals surface area contributed by atoms with Crippen LogP contribution >= 0.6 is 24.0 Å². The Morgan fingerprint density at radius 3 is 2.44 bits per heavy atom. The van der Waals surface area contributed by atoms with Gasteiger partial charge in [0.15, 0.2) is 0 Å². The van der Waals surface area contributed by atoms with E-state index in [4.69, 9.17) is 17.0 Å². The summed E-state index contributed by atoms with van der Waals surface area (Å²) in [5.74, 6) is 0.0195. The highest BCUT2D eigenvalue weighted by molar-refractivity contribution is 8.26. The lowest BCUT2D eigenvalue weighted by molar-refractivity contribution is -0.122. The van der Waals surface area contributed by atoms with Gasteiger partial charge in [-0.15, -0.1) is 0 Å². The van der Waals surface area contributed by atoms with E-state index in [0.717, 1.165) is 51.5 Å². The van der Waals surface area contributed by atoms with Gasteiger partial charge in [-0.1, -0.05) is 36.1 Å². The Kier molecular flexibility index (Phi) is 7.29. The smallest absolute Gasteiger partial charge is 0.266 e. The second-order valence-corrected chi connectivity index (χ2v) is 8.23. The topological polar surface area (TPSA) is 36.0 Å². The second kappa shape index (κ2) is 9.68. The molecule has 0 saturated carbocycles. The maximum absolute atomic E-state index is 12.8. The van der Waals surface area contributed by atoms with E-state index in [1.54, 1.807) is 4.90 Å². The molecule has 2 heterocycles. The number of hydrogen-bond acceptors (Lipinski definition) is 6. The highest BCUT2D eigenvalue weighted by Crippen LogP contribution is 2.32. The van der Waals surface area contributed by atoms with E-state index in [2.05, 4.69) is 47.9 Å². The number of morpholine rings is 1. The van der Waals surface area contributed by atoms with E-state index in [-0.39, 0.29) is 5.91 Å². The van der Waals surface area contributed by atoms with Crippen LogP contribution in [0.2, 0.25) is 0 Å². The fraction of sp³-hybridized carbons (Fsp3) is 0.500. The monoisotopic (exact) mass is 405 g/mol. The molecule has 1 aromatic carbocycles. The van der Waals surface area contributed by atoms with Crippen molar-refractivity contribution in [3.05, 3.63) is 34.7 Å². The van der Waals surface area contributed by atoms with Crippen LogP contribution in [0.15, 0.2) is 29.2 Å². The van der Waals surface area contributed by atoms with Crippen LogP contribution in [0.5, 0.6) is 0 Å². The van der Waals surface area contributed by atoms with E-state index < -0.39 is 0 Å². The molecule has 0 aromatic heterocycles. The molecular formula is C20H27N3O2S2. The molecule has 27 heavy (non-hydrogen) atoms. The zero-order valence-electron chi connectivity index (χ0n) is 16.0. The molecule has 0 N–H and O–H groups in total. The van der Waals surface area contributed by atoms with Crippen LogP contribution in [0.1, 0.15) is 19.4 Å². The Morgan fingerprint density at radius 2 is 1.81 bits per heavy atom. The zero-order chi connectivity index (χ0) is 19.2. The van der Waals surface area contributed by atoms with Crippen molar-refractivity contribution >= 4 is 46.0 Å². The first kappa shape index (κ1) is 20.3. The minimum atomic E-state index is 0.0195. The van der Waals surface area contributed by atoms with Crippen LogP contribution in [-0.4, -0.2) is 72.5 Å². The van der Waals surface area contributed by atoms with Gasteiger partial charge in [-0.2, -0.15) is 0 Å². The van der Waals surface area contributed by atoms with Gasteiger partial charge >= 0.3 is 0 Å². The maximum atomic E-state index is 12.8. The summed E-state index contributed by atoms with van der Waals surface area (Å²) < 4.78 is 6.02. The highest BCUT2D eigenvalue weighted by Gasteiger charge is 2.32. The largest absolute Gasteiger partial charge is 0.379 e. The zero-order valence-corrected chi connectivity index (χ0v) is 17.7. The number of amides is 1. The molecule has 0 bridgehead atoms. The van der Waals surface area contributed by atoms with E-state index in [1.165, 1.54) is 17.4 Å². The summed E-state index contributed by atoms with van der Waals surface area (Å²) in [5.41, 5.74) is 2.23. The molecule has 5 nitrogen and oxygen atoms in total. The summed E-state index contributed by atoms with van der Waals surface area (Å²) in [4.78, 5) is 19.8. The van der Waals surface area contributed by atoms with Gasteiger partial charge in [-0.05, 0) is 37.6 Å². The standard InChI is InChI=1S/C20H27N3O2S2/c1-3-22(4-2)17-7-5-16(6-8-17)15-18-19(24)23(20(26)27-18)10-9-21-11-13-25-14-12-21/h5-8,15H,3-4,9-14H2,1-2H3/b18-15-. The lowest BCUT2D eigenvalue weighted by Gasteiger charge is -2.28. The number of nitrogens with zero attached hydrogens (tertiary/aromatic N) is 3. The molecule has 2 aliphatic rings. The fourth-order valence-corrected chi connectivity index (χ4v) is 4.59. The molecule has 0 radical (unpaired) electrons. The summed E-state index contributed by atoms with van der Waals surface area (Å²) >= 11 is 6.84. The van der Waals surface area contributed by atoms with E-state index in [0.29, 0.717) is 15.8 Å². The summed E-state index contributed by atoms with van der Waals surface area (Å²) in [6.07, 6.45) is 1.94. The predicted molar refractivity (Wildman–Crippen MR) is 117 cm³/mol. The number of hydrogen-bond donors (Lipinski definition) is 0. The summed E-state index contributed by atoms with van der Waals surface area (Å²) in [5, 5.41) is 0. The normalized spacial score (nSPS) is 19.9. The van der Waals surface area contributed by atoms with Crippen molar-refractivity contribution in [1.82, 2.24) is 9.80 Å². The van der Waals surface area contributed by atoms with Gasteiger partial charge in [0, 0.05) is 45.0 Å². The van der Waals surface area contributed by atoms with Crippen molar-refractivity contribution in [1.29, 1.82) is 0 Å². The summed E-state index contributed by atoms with van der Waals surface area (Å²) in [6.45, 7) is 11.1. The first-order valence-corrected chi connectivity index (χ1v) is 10.7. The first-order valence-electron chi connectivity index (χ1n) is 9.52. The Morgan fingerprint density at radius 1 is 1.15 bits per heavy atom. The second-order valence-electron chi connectivity index (χ2n) is 6.55. The summed E-state index contributed by atoms with van der Waals surface area (Å²) in [7, 11) is 0. The number of thioether (sulfide) groups is 1. The molecule has 7 heteroatoms. The van der Waals surface area contributed by atoms with E-state index in [9.17, 15) is 4.79 Å². The van der Waals surface area contributed by atoms with Gasteiger partial charge in [0.2, 0.25) is 0 Å². The molecular weight excluding hydrogens is 378 g/mol. The molecule has 0 spiro atoms. The van der Waals surface area contributed by atoms with Crippen LogP contribution in [0, 0.1) is 0 Å². The van der Waals surface area contributed by atoms with Crippen LogP contribution in [-0.2, 0) is 9.53 Å². The number of rotatable bonds is 7. The lowest BCUT2D eigenvalue weighted by atomic mass is 10.1. The number of ether oxygens (including phenoxy) is 1. The number of carbonyl (C=O) groups is 1. The fourth-order valence-electron chi connectivity index (χ4n) is 3.28. The number of benzene rings is 1. The molecule has 1 aromatic rings. The van der Waals surface area contributed by atoms with Crippen molar-refractivity contribution in [3.63, 3.8) is 0 Å². The van der Waals surface area contributed by atoms with Crippen molar-refractivity contribution in [2.45, 2.75) is 13.8 Å². The minimum Gasteiger partial charge on any atom is -0.379 e. The van der Waals surface area contributed by atoms with Gasteiger partial charge in [0.05, 0.1) is 18.1 Å². The Labute approximate surface area is 171 Å². The Hall–Kier alpha value is -1.41. The molecule has 2 aliphatic heterocycles. The molecule has 0 aliphatic carbocycles. The molecule has 1 amide bonds. The van der Waals surface area contributed by atoms with Crippen molar-refractivity contribution < 1.29 is 9.53 Å². The third-order valence-corrected chi connectivity index (χ3v) is 6.31. The maximum Gasteiger partial charge on any atom is 0.266 e. The van der Waals surface area contributed by atoms with Gasteiger partial charge in [-0.3, -0.25) is 14.6 Å². The average molecular weight is 406 g/mol. The van der Waals surface area contributed by atoms with Gasteiger partial charge < -0.3 is 9.64 Å². The molecule has 146 valence electrons. The van der Waals surface area contributed by atoms with Crippen LogP contribution in [0.4, 0.5) is 5.69 Å². The van der Waals surface area contributed by atoms with E-state index >= 15 is 0 Å². The van der Waals surface area contributed by atoms with Crippen LogP contribution in [0.25, 0.3) is 6.08 Å². The van der Waals surface area contributed by atoms with Gasteiger partial charge in [-0.25, -0.2) is 0 Å². The third-order valence-electron chi connectivity index (χ3n) is 4.94. The van der Waals surface area contributed by atoms with Gasteiger partial charge in [0.25, 0.3) is 5.91 Å². The lowest BCUT2D eigenvalue weighted by Crippen LogP contribution is -2.42. The number of thiocarbonyl (C=S) groups is 1. The van der Waals surface area contributed by atoms with Gasteiger partial charge in [0.1, 0.15) is 4.32 Å². The van der Waals surface area contributed by atoms with Crippen molar-refractivity contribution in [2.24, 2.45) is 0 Å². The summed E-state index contributed by atoms with van der Waals surface area (Å²) in [6, 6.07) is 8.35. The minimum absolute atomic E-state index is 0.0195. The number of carbonyl (C=O) groups excluding carboxylic acids is 1. The van der Waals surface area contributed by atoms with Crippen molar-refractivity contribution in [3.8, 4) is 0 Å². The molecule has 3 rings (SSSR count). The SMILES string of the molecule is CCN(CC)c1ccc(/C=C2\SC(=S)N(CCN3CCOCC3)C2=O)cc1. The molecule has 2 saturated heterocycles. The molecule has 0 unspecified atom stereocenters. The molecule has 2 fully saturated rings. The number of anilines is 1. The Balaban J connectivity index is 1.63. The van der Waals surface area contributed by atoms with E-state index in [1.807, 2.05) is 6.08 Å². The third kappa shape index (κ3) is 5.10.